The summed E-state index contributed by atoms with van der Waals surface area (Å²) in [5.41, 5.74) is 0.897. The predicted octanol–water partition coefficient (Wildman–Crippen LogP) is 2.32. The molecule has 1 aromatic rings. The van der Waals surface area contributed by atoms with Crippen LogP contribution in [0.25, 0.3) is 0 Å². The minimum absolute atomic E-state index is 0.0849. The lowest BCUT2D eigenvalue weighted by Gasteiger charge is -2.30. The van der Waals surface area contributed by atoms with E-state index in [0.717, 1.165) is 18.5 Å². The maximum absolute atomic E-state index is 11.4. The highest BCUT2D eigenvalue weighted by Gasteiger charge is 2.35. The average Bonchev–Trinajstić information content (AvgIpc) is 3.02. The summed E-state index contributed by atoms with van der Waals surface area (Å²) in [5.74, 6) is 0.932. The van der Waals surface area contributed by atoms with Crippen molar-refractivity contribution in [3.05, 3.63) is 17.7 Å². The number of rotatable bonds is 6. The van der Waals surface area contributed by atoms with Crippen LogP contribution in [0.3, 0.4) is 0 Å². The molecule has 22 heavy (non-hydrogen) atoms. The molecule has 0 aromatic heterocycles. The van der Waals surface area contributed by atoms with Crippen LogP contribution >= 0.6 is 0 Å². The van der Waals surface area contributed by atoms with E-state index in [0.29, 0.717) is 23.7 Å². The van der Waals surface area contributed by atoms with Crippen molar-refractivity contribution in [2.75, 3.05) is 27.9 Å². The number of hydrogen-bond acceptors (Lipinski definition) is 5. The molecule has 1 aliphatic heterocycles. The van der Waals surface area contributed by atoms with Crippen molar-refractivity contribution in [1.82, 2.24) is 4.90 Å². The van der Waals surface area contributed by atoms with Crippen LogP contribution in [-0.2, 0) is 4.79 Å². The normalized spacial score (nSPS) is 19.7. The molecule has 2 unspecified atom stereocenters. The van der Waals surface area contributed by atoms with E-state index in [2.05, 4.69) is 0 Å². The molecule has 2 rings (SSSR count). The van der Waals surface area contributed by atoms with E-state index in [9.17, 15) is 9.90 Å². The van der Waals surface area contributed by atoms with Gasteiger partial charge in [-0.2, -0.15) is 0 Å². The number of methoxy groups -OCH3 is 3. The van der Waals surface area contributed by atoms with Gasteiger partial charge in [0.25, 0.3) is 0 Å². The van der Waals surface area contributed by atoms with Crippen LogP contribution in [0.15, 0.2) is 12.1 Å². The van der Waals surface area contributed by atoms with Crippen LogP contribution in [0.4, 0.5) is 0 Å². The van der Waals surface area contributed by atoms with E-state index in [4.69, 9.17) is 14.2 Å². The van der Waals surface area contributed by atoms with Gasteiger partial charge in [-0.05, 0) is 38.4 Å². The van der Waals surface area contributed by atoms with Gasteiger partial charge < -0.3 is 19.3 Å². The summed E-state index contributed by atoms with van der Waals surface area (Å²) in [4.78, 5) is 13.4. The van der Waals surface area contributed by atoms with Crippen LogP contribution in [0.5, 0.6) is 17.2 Å². The van der Waals surface area contributed by atoms with Crippen LogP contribution in [-0.4, -0.2) is 49.9 Å². The molecule has 0 bridgehead atoms. The van der Waals surface area contributed by atoms with Gasteiger partial charge in [0.15, 0.2) is 11.5 Å². The lowest BCUT2D eigenvalue weighted by molar-refractivity contribution is -0.142. The monoisotopic (exact) mass is 309 g/mol. The Bertz CT molecular complexity index is 546. The number of carbonyl (C=O) groups is 1. The summed E-state index contributed by atoms with van der Waals surface area (Å²) in [6.07, 6.45) is 1.56. The van der Waals surface area contributed by atoms with Crippen LogP contribution < -0.4 is 14.2 Å². The molecule has 1 aromatic carbocycles. The van der Waals surface area contributed by atoms with Gasteiger partial charge in [0.05, 0.1) is 21.3 Å². The fourth-order valence-corrected chi connectivity index (χ4v) is 3.15. The highest BCUT2D eigenvalue weighted by molar-refractivity contribution is 5.74. The van der Waals surface area contributed by atoms with Crippen molar-refractivity contribution in [3.63, 3.8) is 0 Å². The Kier molecular flexibility index (Phi) is 5.13. The van der Waals surface area contributed by atoms with Gasteiger partial charge in [0.2, 0.25) is 5.75 Å². The number of likely N-dealkylation sites (tertiary alicyclic amines) is 1. The first-order valence-corrected chi connectivity index (χ1v) is 7.32. The maximum Gasteiger partial charge on any atom is 0.320 e. The van der Waals surface area contributed by atoms with Crippen LogP contribution in [0.1, 0.15) is 31.4 Å². The summed E-state index contributed by atoms with van der Waals surface area (Å²) in [6, 6.07) is 3.19. The molecule has 0 radical (unpaired) electrons. The second-order valence-electron chi connectivity index (χ2n) is 5.33. The van der Waals surface area contributed by atoms with E-state index < -0.39 is 12.0 Å². The molecular weight excluding hydrogens is 286 g/mol. The van der Waals surface area contributed by atoms with Gasteiger partial charge in [-0.25, -0.2) is 0 Å². The van der Waals surface area contributed by atoms with Crippen molar-refractivity contribution in [1.29, 1.82) is 0 Å². The fourth-order valence-electron chi connectivity index (χ4n) is 3.15. The second kappa shape index (κ2) is 6.87. The van der Waals surface area contributed by atoms with Crippen molar-refractivity contribution in [2.24, 2.45) is 0 Å². The first kappa shape index (κ1) is 16.4. The number of benzene rings is 1. The predicted molar refractivity (Wildman–Crippen MR) is 81.9 cm³/mol. The average molecular weight is 309 g/mol. The molecule has 1 N–H and O–H groups in total. The lowest BCUT2D eigenvalue weighted by atomic mass is 10.0. The molecule has 0 saturated carbocycles. The standard InChI is InChI=1S/C16H23NO5/c1-10(17-9-5-6-12(17)16(18)19)11-7-8-13(20-2)15(22-4)14(11)21-3/h7-8,10,12H,5-6,9H2,1-4H3,(H,18,19). The third kappa shape index (κ3) is 2.83. The molecule has 2 atom stereocenters. The smallest absolute Gasteiger partial charge is 0.320 e. The van der Waals surface area contributed by atoms with Crippen molar-refractivity contribution < 1.29 is 24.1 Å². The zero-order valence-corrected chi connectivity index (χ0v) is 13.5. The van der Waals surface area contributed by atoms with Crippen molar-refractivity contribution in [3.8, 4) is 17.2 Å². The molecule has 1 fully saturated rings. The Labute approximate surface area is 130 Å². The van der Waals surface area contributed by atoms with Gasteiger partial charge in [-0.3, -0.25) is 9.69 Å². The molecule has 0 spiro atoms. The maximum atomic E-state index is 11.4. The SMILES string of the molecule is COc1ccc(C(C)N2CCCC2C(=O)O)c(OC)c1OC. The Morgan fingerprint density at radius 1 is 1.23 bits per heavy atom. The zero-order valence-electron chi connectivity index (χ0n) is 13.5. The van der Waals surface area contributed by atoms with Crippen LogP contribution in [0, 0.1) is 0 Å². The van der Waals surface area contributed by atoms with E-state index in [-0.39, 0.29) is 6.04 Å². The van der Waals surface area contributed by atoms with Gasteiger partial charge in [-0.1, -0.05) is 0 Å². The first-order valence-electron chi connectivity index (χ1n) is 7.32. The minimum atomic E-state index is -0.774. The lowest BCUT2D eigenvalue weighted by Crippen LogP contribution is -2.37. The summed E-state index contributed by atoms with van der Waals surface area (Å²) >= 11 is 0. The molecule has 122 valence electrons. The molecule has 6 heteroatoms. The third-order valence-corrected chi connectivity index (χ3v) is 4.26. The van der Waals surface area contributed by atoms with E-state index in [1.807, 2.05) is 24.0 Å². The third-order valence-electron chi connectivity index (χ3n) is 4.26. The number of carboxylic acids is 1. The molecule has 1 aliphatic rings. The number of ether oxygens (including phenoxy) is 3. The molecule has 0 amide bonds. The topological polar surface area (TPSA) is 68.2 Å². The first-order chi connectivity index (χ1) is 10.5. The Morgan fingerprint density at radius 3 is 2.45 bits per heavy atom. The largest absolute Gasteiger partial charge is 0.493 e. The van der Waals surface area contributed by atoms with Gasteiger partial charge in [-0.15, -0.1) is 0 Å². The Hall–Kier alpha value is -1.95. The molecule has 0 aliphatic carbocycles. The van der Waals surface area contributed by atoms with Gasteiger partial charge in [0.1, 0.15) is 6.04 Å². The van der Waals surface area contributed by atoms with E-state index >= 15 is 0 Å². The Balaban J connectivity index is 2.41. The number of hydrogen-bond donors (Lipinski definition) is 1. The highest BCUT2D eigenvalue weighted by atomic mass is 16.5. The quantitative estimate of drug-likeness (QED) is 0.870. The molecule has 1 heterocycles. The minimum Gasteiger partial charge on any atom is -0.493 e. The van der Waals surface area contributed by atoms with Gasteiger partial charge >= 0.3 is 5.97 Å². The molecule has 6 nitrogen and oxygen atoms in total. The number of carboxylic acid groups (broad SMARTS) is 1. The fraction of sp³-hybridized carbons (Fsp3) is 0.562. The van der Waals surface area contributed by atoms with Crippen molar-refractivity contribution >= 4 is 5.97 Å². The Morgan fingerprint density at radius 2 is 1.91 bits per heavy atom. The summed E-state index contributed by atoms with van der Waals surface area (Å²) in [7, 11) is 4.71. The molecular formula is C16H23NO5. The van der Waals surface area contributed by atoms with Gasteiger partial charge in [0, 0.05) is 11.6 Å². The summed E-state index contributed by atoms with van der Waals surface area (Å²) in [6.45, 7) is 2.75. The van der Waals surface area contributed by atoms with Crippen LogP contribution in [0.2, 0.25) is 0 Å². The second-order valence-corrected chi connectivity index (χ2v) is 5.33. The summed E-state index contributed by atoms with van der Waals surface area (Å²) in [5, 5.41) is 9.37. The van der Waals surface area contributed by atoms with E-state index in [1.165, 1.54) is 0 Å². The summed E-state index contributed by atoms with van der Waals surface area (Å²) < 4.78 is 16.2. The highest BCUT2D eigenvalue weighted by Crippen LogP contribution is 2.44. The number of nitrogens with zero attached hydrogens (tertiary/aromatic N) is 1. The molecule has 1 saturated heterocycles. The zero-order chi connectivity index (χ0) is 16.3. The number of aliphatic carboxylic acids is 1. The van der Waals surface area contributed by atoms with E-state index in [1.54, 1.807) is 21.3 Å². The van der Waals surface area contributed by atoms with Crippen molar-refractivity contribution in [2.45, 2.75) is 31.8 Å².